The van der Waals surface area contributed by atoms with Crippen molar-refractivity contribution in [2.24, 2.45) is 0 Å². The van der Waals surface area contributed by atoms with E-state index in [0.29, 0.717) is 30.6 Å². The number of nitrogens with one attached hydrogen (secondary N) is 2. The summed E-state index contributed by atoms with van der Waals surface area (Å²) in [5.41, 5.74) is 2.04. The number of furan rings is 1. The van der Waals surface area contributed by atoms with Crippen molar-refractivity contribution in [1.29, 1.82) is 0 Å². The zero-order valence-corrected chi connectivity index (χ0v) is 18.0. The van der Waals surface area contributed by atoms with E-state index in [1.54, 1.807) is 18.4 Å². The van der Waals surface area contributed by atoms with E-state index in [1.165, 1.54) is 24.9 Å². The highest BCUT2D eigenvalue weighted by molar-refractivity contribution is 5.91. The second kappa shape index (κ2) is 10.3. The lowest BCUT2D eigenvalue weighted by atomic mass is 10.1. The Kier molecular flexibility index (Phi) is 6.99. The van der Waals surface area contributed by atoms with Crippen LogP contribution in [0.3, 0.4) is 0 Å². The fourth-order valence-corrected chi connectivity index (χ4v) is 3.97. The van der Waals surface area contributed by atoms with Gasteiger partial charge in [0.05, 0.1) is 12.8 Å². The summed E-state index contributed by atoms with van der Waals surface area (Å²) in [7, 11) is 0. The van der Waals surface area contributed by atoms with Crippen LogP contribution in [-0.2, 0) is 11.3 Å². The average molecular weight is 425 g/mol. The predicted octanol–water partition coefficient (Wildman–Crippen LogP) is 2.75. The van der Waals surface area contributed by atoms with E-state index in [4.69, 9.17) is 8.83 Å². The van der Waals surface area contributed by atoms with Crippen LogP contribution in [-0.4, -0.2) is 42.3 Å². The molecule has 3 aromatic rings. The van der Waals surface area contributed by atoms with Gasteiger partial charge in [0.1, 0.15) is 0 Å². The minimum absolute atomic E-state index is 0.0278. The molecule has 8 heteroatoms. The summed E-state index contributed by atoms with van der Waals surface area (Å²) >= 11 is 0. The fraction of sp³-hybridized carbons (Fsp3) is 0.435. The summed E-state index contributed by atoms with van der Waals surface area (Å²) in [6.07, 6.45) is 6.33. The largest absolute Gasteiger partial charge is 0.459 e. The maximum absolute atomic E-state index is 12.6. The Morgan fingerprint density at radius 1 is 1.13 bits per heavy atom. The highest BCUT2D eigenvalue weighted by Gasteiger charge is 2.19. The molecule has 2 N–H and O–H groups in total. The first kappa shape index (κ1) is 21.1. The minimum atomic E-state index is -0.0278. The maximum Gasteiger partial charge on any atom is 0.283 e. The number of anilines is 2. The topological polar surface area (TPSA) is 88.8 Å². The van der Waals surface area contributed by atoms with Gasteiger partial charge in [-0.1, -0.05) is 6.92 Å². The van der Waals surface area contributed by atoms with E-state index in [-0.39, 0.29) is 5.91 Å². The summed E-state index contributed by atoms with van der Waals surface area (Å²) < 4.78 is 11.0. The molecule has 0 aliphatic carbocycles. The molecular weight excluding hydrogens is 394 g/mol. The Balaban J connectivity index is 1.32. The van der Waals surface area contributed by atoms with Crippen LogP contribution in [0, 0.1) is 0 Å². The number of benzene rings is 1. The molecule has 1 amide bonds. The minimum Gasteiger partial charge on any atom is -0.459 e. The molecule has 1 saturated heterocycles. The summed E-state index contributed by atoms with van der Waals surface area (Å²) in [4.78, 5) is 16.1. The van der Waals surface area contributed by atoms with Crippen LogP contribution in [0.15, 0.2) is 51.5 Å². The molecule has 1 aliphatic heterocycles. The van der Waals surface area contributed by atoms with Crippen LogP contribution in [0.2, 0.25) is 0 Å². The van der Waals surface area contributed by atoms with Gasteiger partial charge >= 0.3 is 0 Å². The van der Waals surface area contributed by atoms with Gasteiger partial charge in [0.2, 0.25) is 0 Å². The van der Waals surface area contributed by atoms with Crippen LogP contribution in [0.4, 0.5) is 11.4 Å². The Bertz CT molecular complexity index is 946. The summed E-state index contributed by atoms with van der Waals surface area (Å²) in [5.74, 6) is 1.36. The van der Waals surface area contributed by atoms with E-state index < -0.39 is 0 Å². The predicted molar refractivity (Wildman–Crippen MR) is 118 cm³/mol. The van der Waals surface area contributed by atoms with Gasteiger partial charge in [0.15, 0.2) is 18.8 Å². The van der Waals surface area contributed by atoms with Crippen molar-refractivity contribution in [3.05, 3.63) is 48.6 Å². The van der Waals surface area contributed by atoms with Crippen LogP contribution in [0.5, 0.6) is 0 Å². The molecule has 4 rings (SSSR count). The summed E-state index contributed by atoms with van der Waals surface area (Å²) in [6, 6.07) is 11.7. The third-order valence-corrected chi connectivity index (χ3v) is 5.49. The second-order valence-corrected chi connectivity index (χ2v) is 7.97. The number of amides is 1. The number of hydrogen-bond donors (Lipinski definition) is 2. The highest BCUT2D eigenvalue weighted by atomic mass is 16.4. The molecule has 0 radical (unpaired) electrons. The third-order valence-electron chi connectivity index (χ3n) is 5.49. The summed E-state index contributed by atoms with van der Waals surface area (Å²) in [6.45, 7) is 5.97. The number of nitrogens with zero attached hydrogens (tertiary/aromatic N) is 3. The normalized spacial score (nSPS) is 15.1. The van der Waals surface area contributed by atoms with E-state index in [0.717, 1.165) is 36.6 Å². The van der Waals surface area contributed by atoms with Crippen molar-refractivity contribution in [2.75, 3.05) is 36.4 Å². The molecule has 2 aromatic heterocycles. The van der Waals surface area contributed by atoms with Crippen molar-refractivity contribution in [1.82, 2.24) is 10.2 Å². The molecule has 164 valence electrons. The maximum atomic E-state index is 12.6. The fourth-order valence-electron chi connectivity index (χ4n) is 3.97. The Morgan fingerprint density at radius 3 is 2.65 bits per heavy atom. The Labute approximate surface area is 182 Å². The van der Waals surface area contributed by atoms with Crippen molar-refractivity contribution >= 4 is 17.3 Å². The Hall–Kier alpha value is -3.13. The Morgan fingerprint density at radius 2 is 1.94 bits per heavy atom. The van der Waals surface area contributed by atoms with E-state index in [2.05, 4.69) is 39.5 Å². The number of aromatic nitrogens is 2. The first-order valence-electron chi connectivity index (χ1n) is 11.1. The van der Waals surface area contributed by atoms with Gasteiger partial charge in [0.25, 0.3) is 17.7 Å². The molecule has 1 aliphatic rings. The second-order valence-electron chi connectivity index (χ2n) is 7.97. The lowest BCUT2D eigenvalue weighted by Crippen LogP contribution is -3.11. The zero-order chi connectivity index (χ0) is 21.5. The molecule has 1 unspecified atom stereocenters. The van der Waals surface area contributed by atoms with E-state index in [9.17, 15) is 4.79 Å². The highest BCUT2D eigenvalue weighted by Crippen LogP contribution is 2.21. The van der Waals surface area contributed by atoms with Gasteiger partial charge in [-0.05, 0) is 62.1 Å². The lowest BCUT2D eigenvalue weighted by molar-refractivity contribution is -0.907. The lowest BCUT2D eigenvalue weighted by Gasteiger charge is -2.28. The molecule has 1 aromatic carbocycles. The van der Waals surface area contributed by atoms with Crippen LogP contribution >= 0.6 is 0 Å². The van der Waals surface area contributed by atoms with Crippen molar-refractivity contribution in [3.8, 4) is 11.7 Å². The quantitative estimate of drug-likeness (QED) is 0.549. The van der Waals surface area contributed by atoms with Gasteiger partial charge in [-0.3, -0.25) is 4.79 Å². The molecule has 31 heavy (non-hydrogen) atoms. The number of piperidine rings is 1. The standard InChI is InChI=1S/C23H29N5O3/c1-2-12-27(17-22-25-26-23(31-22)20-7-6-15-30-20)16-21(29)24-18-8-10-19(11-9-18)28-13-4-3-5-14-28/h6-11,15H,2-5,12-14,16-17H2,1H3,(H,24,29)/p+1. The number of rotatable bonds is 9. The van der Waals surface area contributed by atoms with Gasteiger partial charge in [-0.25, -0.2) is 0 Å². The van der Waals surface area contributed by atoms with Crippen LogP contribution in [0.1, 0.15) is 38.5 Å². The van der Waals surface area contributed by atoms with Crippen molar-refractivity contribution < 1.29 is 18.5 Å². The van der Waals surface area contributed by atoms with Gasteiger partial charge in [-0.15, -0.1) is 10.2 Å². The van der Waals surface area contributed by atoms with E-state index in [1.807, 2.05) is 12.1 Å². The molecule has 0 spiro atoms. The monoisotopic (exact) mass is 424 g/mol. The van der Waals surface area contributed by atoms with Gasteiger partial charge < -0.3 is 24.0 Å². The van der Waals surface area contributed by atoms with Crippen molar-refractivity contribution in [3.63, 3.8) is 0 Å². The third kappa shape index (κ3) is 5.73. The van der Waals surface area contributed by atoms with Gasteiger partial charge in [-0.2, -0.15) is 0 Å². The van der Waals surface area contributed by atoms with Crippen LogP contribution in [0.25, 0.3) is 11.7 Å². The number of carbonyl (C=O) groups is 1. The van der Waals surface area contributed by atoms with Crippen LogP contribution < -0.4 is 15.1 Å². The molecule has 1 atom stereocenters. The number of quaternary nitrogens is 1. The molecule has 3 heterocycles. The first-order chi connectivity index (χ1) is 15.2. The average Bonchev–Trinajstić information content (AvgIpc) is 3.47. The molecule has 8 nitrogen and oxygen atoms in total. The van der Waals surface area contributed by atoms with E-state index >= 15 is 0 Å². The first-order valence-corrected chi connectivity index (χ1v) is 11.1. The van der Waals surface area contributed by atoms with Crippen molar-refractivity contribution in [2.45, 2.75) is 39.2 Å². The van der Waals surface area contributed by atoms with Gasteiger partial charge in [0, 0.05) is 24.5 Å². The SMILES string of the molecule is CCC[NH+](CC(=O)Nc1ccc(N2CCCCC2)cc1)Cc1nnc(-c2ccco2)o1. The molecule has 0 saturated carbocycles. The number of hydrogen-bond acceptors (Lipinski definition) is 6. The summed E-state index contributed by atoms with van der Waals surface area (Å²) in [5, 5.41) is 11.2. The molecule has 0 bridgehead atoms. The molecular formula is C23H30N5O3+. The number of carbonyl (C=O) groups excluding carboxylic acids is 1. The molecule has 1 fully saturated rings. The smallest absolute Gasteiger partial charge is 0.283 e. The zero-order valence-electron chi connectivity index (χ0n) is 18.0.